The van der Waals surface area contributed by atoms with Gasteiger partial charge in [-0.3, -0.25) is 0 Å². The Bertz CT molecular complexity index is 1150. The molecule has 0 saturated carbocycles. The van der Waals surface area contributed by atoms with E-state index < -0.39 is 10.0 Å². The van der Waals surface area contributed by atoms with Crippen molar-refractivity contribution < 1.29 is 17.9 Å². The number of nitrogens with one attached hydrogen (secondary N) is 1. The summed E-state index contributed by atoms with van der Waals surface area (Å²) < 4.78 is 37.4. The van der Waals surface area contributed by atoms with E-state index in [2.05, 4.69) is 23.8 Å². The van der Waals surface area contributed by atoms with Crippen LogP contribution in [0.15, 0.2) is 88.9 Å². The fourth-order valence-electron chi connectivity index (χ4n) is 3.91. The summed E-state index contributed by atoms with van der Waals surface area (Å²) >= 11 is 0. The van der Waals surface area contributed by atoms with E-state index in [9.17, 15) is 8.42 Å². The van der Waals surface area contributed by atoms with Crippen LogP contribution in [0.2, 0.25) is 0 Å². The maximum absolute atomic E-state index is 12.8. The largest absolute Gasteiger partial charge is 0.494 e. The van der Waals surface area contributed by atoms with E-state index in [0.29, 0.717) is 18.9 Å². The van der Waals surface area contributed by atoms with Crippen molar-refractivity contribution in [3.8, 4) is 11.5 Å². The number of hydrazone groups is 1. The van der Waals surface area contributed by atoms with Crippen LogP contribution in [0, 0.1) is 0 Å². The zero-order chi connectivity index (χ0) is 27.1. The second-order valence-electron chi connectivity index (χ2n) is 9.24. The molecule has 0 radical (unpaired) electrons. The summed E-state index contributed by atoms with van der Waals surface area (Å²) in [4.78, 5) is 2.56. The molecule has 0 fully saturated rings. The van der Waals surface area contributed by atoms with Crippen LogP contribution in [-0.2, 0) is 10.0 Å². The molecule has 0 atom stereocenters. The molecule has 1 N–H and O–H groups in total. The highest BCUT2D eigenvalue weighted by Crippen LogP contribution is 2.20. The third-order valence-corrected chi connectivity index (χ3v) is 7.34. The summed E-state index contributed by atoms with van der Waals surface area (Å²) in [5, 5.41) is 4.36. The summed E-state index contributed by atoms with van der Waals surface area (Å²) in [6.45, 7) is 5.73. The second kappa shape index (κ2) is 15.8. The summed E-state index contributed by atoms with van der Waals surface area (Å²) in [5.41, 5.74) is 2.05. The van der Waals surface area contributed by atoms with Gasteiger partial charge in [0.25, 0.3) is 10.0 Å². The van der Waals surface area contributed by atoms with Gasteiger partial charge in [0.05, 0.1) is 23.8 Å². The molecule has 0 aromatic heterocycles. The summed E-state index contributed by atoms with van der Waals surface area (Å²) in [7, 11) is -3.81. The van der Waals surface area contributed by atoms with E-state index in [1.165, 1.54) is 37.8 Å². The van der Waals surface area contributed by atoms with Crippen LogP contribution in [0.5, 0.6) is 11.5 Å². The van der Waals surface area contributed by atoms with Gasteiger partial charge >= 0.3 is 0 Å². The molecule has 0 unspecified atom stereocenters. The Hall–Kier alpha value is -3.32. The van der Waals surface area contributed by atoms with Crippen LogP contribution in [0.25, 0.3) is 0 Å². The van der Waals surface area contributed by atoms with Crippen molar-refractivity contribution in [1.29, 1.82) is 0 Å². The Kier molecular flexibility index (Phi) is 12.2. The quantitative estimate of drug-likeness (QED) is 0.111. The third-order valence-electron chi connectivity index (χ3n) is 6.12. The molecule has 6 nitrogen and oxygen atoms in total. The molecule has 7 heteroatoms. The lowest BCUT2D eigenvalue weighted by Crippen LogP contribution is -2.21. The number of benzene rings is 3. The summed E-state index contributed by atoms with van der Waals surface area (Å²) in [5.74, 6) is 1.56. The highest BCUT2D eigenvalue weighted by atomic mass is 32.2. The molecule has 0 aliphatic carbocycles. The first-order valence-electron chi connectivity index (χ1n) is 13.6. The van der Waals surface area contributed by atoms with Gasteiger partial charge in [0.15, 0.2) is 0 Å². The monoisotopic (exact) mass is 536 g/mol. The van der Waals surface area contributed by atoms with Gasteiger partial charge in [-0.1, -0.05) is 70.6 Å². The first kappa shape index (κ1) is 29.2. The number of unbranched alkanes of at least 4 members (excludes halogenated alkanes) is 6. The Morgan fingerprint density at radius 3 is 1.58 bits per heavy atom. The number of hydrogen-bond acceptors (Lipinski definition) is 5. The molecule has 3 aromatic carbocycles. The highest BCUT2D eigenvalue weighted by Gasteiger charge is 2.15. The third kappa shape index (κ3) is 9.53. The van der Waals surface area contributed by atoms with Gasteiger partial charge in [0.1, 0.15) is 11.5 Å². The predicted octanol–water partition coefficient (Wildman–Crippen LogP) is 7.34. The molecule has 0 heterocycles. The highest BCUT2D eigenvalue weighted by molar-refractivity contribution is 7.89. The van der Waals surface area contributed by atoms with Gasteiger partial charge in [-0.05, 0) is 73.5 Å². The van der Waals surface area contributed by atoms with Crippen molar-refractivity contribution in [2.75, 3.05) is 13.2 Å². The molecular weight excluding hydrogens is 496 g/mol. The number of nitrogens with zero attached hydrogens (tertiary/aromatic N) is 1. The number of sulfonamides is 1. The first-order chi connectivity index (χ1) is 18.5. The maximum atomic E-state index is 12.8. The fourth-order valence-corrected chi connectivity index (χ4v) is 4.74. The maximum Gasteiger partial charge on any atom is 0.276 e. The average Bonchev–Trinajstić information content (AvgIpc) is 2.95. The van der Waals surface area contributed by atoms with E-state index in [1.54, 1.807) is 18.2 Å². The molecular formula is C31H40N2O4S. The molecule has 0 saturated heterocycles. The van der Waals surface area contributed by atoms with Crippen molar-refractivity contribution in [1.82, 2.24) is 4.83 Å². The first-order valence-corrected chi connectivity index (χ1v) is 15.1. The number of ether oxygens (including phenoxy) is 2. The molecule has 0 aliphatic rings. The molecule has 204 valence electrons. The summed E-state index contributed by atoms with van der Waals surface area (Å²) in [6, 6.07) is 23.4. The van der Waals surface area contributed by atoms with Crippen molar-refractivity contribution in [2.24, 2.45) is 5.10 Å². The van der Waals surface area contributed by atoms with E-state index in [-0.39, 0.29) is 4.90 Å². The fraction of sp³-hybridized carbons (Fsp3) is 0.387. The van der Waals surface area contributed by atoms with Gasteiger partial charge in [-0.25, -0.2) is 0 Å². The van der Waals surface area contributed by atoms with Gasteiger partial charge < -0.3 is 9.47 Å². The van der Waals surface area contributed by atoms with Crippen LogP contribution in [0.4, 0.5) is 0 Å². The lowest BCUT2D eigenvalue weighted by Gasteiger charge is -2.12. The normalized spacial score (nSPS) is 11.1. The van der Waals surface area contributed by atoms with Gasteiger partial charge in [-0.2, -0.15) is 18.4 Å². The van der Waals surface area contributed by atoms with Crippen LogP contribution in [-0.4, -0.2) is 27.3 Å². The Morgan fingerprint density at radius 1 is 0.658 bits per heavy atom. The van der Waals surface area contributed by atoms with Crippen LogP contribution >= 0.6 is 0 Å². The van der Waals surface area contributed by atoms with Crippen molar-refractivity contribution in [3.63, 3.8) is 0 Å². The molecule has 0 bridgehead atoms. The lowest BCUT2D eigenvalue weighted by molar-refractivity contribution is 0.305. The minimum absolute atomic E-state index is 0.154. The van der Waals surface area contributed by atoms with E-state index in [0.717, 1.165) is 48.3 Å². The van der Waals surface area contributed by atoms with E-state index in [1.807, 2.05) is 48.5 Å². The molecule has 38 heavy (non-hydrogen) atoms. The SMILES string of the molecule is CCCCCCOc1ccc(C(=NNS(=O)(=O)c2ccccc2)c2ccc(OCCCCCC)cc2)cc1. The van der Waals surface area contributed by atoms with Gasteiger partial charge in [0, 0.05) is 11.1 Å². The topological polar surface area (TPSA) is 77.0 Å². The molecule has 0 amide bonds. The Morgan fingerprint density at radius 2 is 1.13 bits per heavy atom. The minimum atomic E-state index is -3.81. The number of rotatable bonds is 17. The van der Waals surface area contributed by atoms with Crippen molar-refractivity contribution >= 4 is 15.7 Å². The van der Waals surface area contributed by atoms with Crippen LogP contribution in [0.1, 0.15) is 76.3 Å². The predicted molar refractivity (Wildman–Crippen MR) is 155 cm³/mol. The van der Waals surface area contributed by atoms with Gasteiger partial charge in [0.2, 0.25) is 0 Å². The zero-order valence-corrected chi connectivity index (χ0v) is 23.4. The summed E-state index contributed by atoms with van der Waals surface area (Å²) in [6.07, 6.45) is 9.17. The average molecular weight is 537 g/mol. The minimum Gasteiger partial charge on any atom is -0.494 e. The molecule has 3 aromatic rings. The van der Waals surface area contributed by atoms with Gasteiger partial charge in [-0.15, -0.1) is 0 Å². The smallest absolute Gasteiger partial charge is 0.276 e. The molecule has 0 aliphatic heterocycles. The Balaban J connectivity index is 1.77. The van der Waals surface area contributed by atoms with Crippen molar-refractivity contribution in [2.45, 2.75) is 70.1 Å². The Labute approximate surface area is 228 Å². The standard InChI is InChI=1S/C31H40N2O4S/c1-3-5-7-12-24-36-28-20-16-26(17-21-28)31(32-33-38(34,35)30-14-10-9-11-15-30)27-18-22-29(23-19-27)37-25-13-8-6-4-2/h9-11,14-23,33H,3-8,12-13,24-25H2,1-2H3. The number of hydrogen-bond donors (Lipinski definition) is 1. The van der Waals surface area contributed by atoms with Crippen LogP contribution < -0.4 is 14.3 Å². The second-order valence-corrected chi connectivity index (χ2v) is 10.9. The molecule has 3 rings (SSSR count). The van der Waals surface area contributed by atoms with E-state index >= 15 is 0 Å². The van der Waals surface area contributed by atoms with E-state index in [4.69, 9.17) is 9.47 Å². The molecule has 0 spiro atoms. The zero-order valence-electron chi connectivity index (χ0n) is 22.6. The van der Waals surface area contributed by atoms with Crippen LogP contribution in [0.3, 0.4) is 0 Å². The van der Waals surface area contributed by atoms with Crippen molar-refractivity contribution in [3.05, 3.63) is 90.0 Å². The lowest BCUT2D eigenvalue weighted by atomic mass is 10.0.